The molecule has 27 heavy (non-hydrogen) atoms. The number of carboxylic acid groups (broad SMARTS) is 2. The normalized spacial score (nSPS) is 10.0. The van der Waals surface area contributed by atoms with Crippen LogP contribution in [0.2, 0.25) is 0 Å². The van der Waals surface area contributed by atoms with Crippen LogP contribution in [-0.2, 0) is 4.79 Å². The predicted molar refractivity (Wildman–Crippen MR) is 94.6 cm³/mol. The molecule has 2 rings (SSSR count). The Kier molecular flexibility index (Phi) is 7.50. The van der Waals surface area contributed by atoms with Crippen LogP contribution in [0.4, 0.5) is 0 Å². The predicted octanol–water partition coefficient (Wildman–Crippen LogP) is 2.30. The van der Waals surface area contributed by atoms with Crippen LogP contribution in [0.25, 0.3) is 6.08 Å². The number of aliphatic carboxylic acids is 1. The monoisotopic (exact) mass is 378 g/mol. The molecule has 9 heteroatoms. The highest BCUT2D eigenvalue weighted by molar-refractivity contribution is 5.91. The molecule has 0 radical (unpaired) electrons. The number of aromatic hydroxyl groups is 3. The fraction of sp³-hybridized carbons (Fsp3) is 0.111. The third kappa shape index (κ3) is 6.16. The third-order valence-corrected chi connectivity index (χ3v) is 3.13. The van der Waals surface area contributed by atoms with Crippen molar-refractivity contribution in [2.24, 2.45) is 0 Å². The summed E-state index contributed by atoms with van der Waals surface area (Å²) in [6.45, 7) is 0. The standard InChI is InChI=1S/C11H12O5.C7H6O4/c1-15-8-5-7(3-4-10(12)13)6-9(16-2)11(8)14;8-4-1-2-6(9)5(3-4)7(10)11/h3-6,14H,1-2H3,(H,12,13);1-3,8-9H,(H,10,11). The molecule has 0 aliphatic carbocycles. The Labute approximate surface area is 154 Å². The van der Waals surface area contributed by atoms with Gasteiger partial charge in [0.15, 0.2) is 11.5 Å². The molecule has 9 nitrogen and oxygen atoms in total. The number of rotatable bonds is 5. The Morgan fingerprint density at radius 3 is 1.89 bits per heavy atom. The first-order valence-corrected chi connectivity index (χ1v) is 7.30. The number of hydrogen-bond donors (Lipinski definition) is 5. The molecule has 144 valence electrons. The summed E-state index contributed by atoms with van der Waals surface area (Å²) in [6, 6.07) is 6.34. The molecular weight excluding hydrogens is 360 g/mol. The van der Waals surface area contributed by atoms with Crippen LogP contribution in [0.5, 0.6) is 28.7 Å². The maximum Gasteiger partial charge on any atom is 0.339 e. The lowest BCUT2D eigenvalue weighted by Crippen LogP contribution is -1.95. The van der Waals surface area contributed by atoms with E-state index in [9.17, 15) is 14.7 Å². The number of carboxylic acids is 2. The molecule has 0 saturated carbocycles. The van der Waals surface area contributed by atoms with Gasteiger partial charge in [0, 0.05) is 6.08 Å². The fourth-order valence-corrected chi connectivity index (χ4v) is 1.87. The molecule has 0 unspecified atom stereocenters. The Bertz CT molecular complexity index is 831. The van der Waals surface area contributed by atoms with E-state index in [1.165, 1.54) is 38.5 Å². The van der Waals surface area contributed by atoms with Crippen LogP contribution in [0, 0.1) is 0 Å². The van der Waals surface area contributed by atoms with E-state index in [1.54, 1.807) is 0 Å². The van der Waals surface area contributed by atoms with Crippen molar-refractivity contribution >= 4 is 18.0 Å². The average Bonchev–Trinajstić information content (AvgIpc) is 2.63. The van der Waals surface area contributed by atoms with Crippen molar-refractivity contribution in [2.45, 2.75) is 0 Å². The van der Waals surface area contributed by atoms with E-state index in [2.05, 4.69) is 0 Å². The molecule has 0 atom stereocenters. The van der Waals surface area contributed by atoms with Gasteiger partial charge in [-0.1, -0.05) is 0 Å². The van der Waals surface area contributed by atoms with Crippen molar-refractivity contribution < 1.29 is 44.6 Å². The van der Waals surface area contributed by atoms with E-state index in [4.69, 9.17) is 29.9 Å². The lowest BCUT2D eigenvalue weighted by Gasteiger charge is -2.09. The molecule has 0 fully saturated rings. The van der Waals surface area contributed by atoms with Gasteiger partial charge in [0.2, 0.25) is 5.75 Å². The first-order chi connectivity index (χ1) is 12.7. The number of phenolic OH excluding ortho intramolecular Hbond substituents is 2. The average molecular weight is 378 g/mol. The number of carbonyl (C=O) groups is 2. The quantitative estimate of drug-likeness (QED) is 0.389. The molecule has 0 heterocycles. The van der Waals surface area contributed by atoms with Crippen molar-refractivity contribution in [2.75, 3.05) is 14.2 Å². The van der Waals surface area contributed by atoms with Gasteiger partial charge in [-0.2, -0.15) is 0 Å². The number of aromatic carboxylic acids is 1. The van der Waals surface area contributed by atoms with Gasteiger partial charge in [-0.3, -0.25) is 0 Å². The van der Waals surface area contributed by atoms with Crippen molar-refractivity contribution in [3.8, 4) is 28.7 Å². The summed E-state index contributed by atoms with van der Waals surface area (Å²) >= 11 is 0. The zero-order chi connectivity index (χ0) is 20.6. The number of hydrogen-bond acceptors (Lipinski definition) is 7. The molecule has 0 amide bonds. The first kappa shape index (κ1) is 21.2. The number of ether oxygens (including phenoxy) is 2. The summed E-state index contributed by atoms with van der Waals surface area (Å²) in [6.07, 6.45) is 2.37. The zero-order valence-corrected chi connectivity index (χ0v) is 14.4. The van der Waals surface area contributed by atoms with Crippen molar-refractivity contribution in [3.63, 3.8) is 0 Å². The summed E-state index contributed by atoms with van der Waals surface area (Å²) in [7, 11) is 2.80. The summed E-state index contributed by atoms with van der Waals surface area (Å²) in [4.78, 5) is 20.7. The van der Waals surface area contributed by atoms with E-state index in [0.717, 1.165) is 18.2 Å². The molecule has 0 aliphatic heterocycles. The van der Waals surface area contributed by atoms with E-state index in [-0.39, 0.29) is 34.3 Å². The van der Waals surface area contributed by atoms with E-state index < -0.39 is 11.9 Å². The van der Waals surface area contributed by atoms with E-state index >= 15 is 0 Å². The second-order valence-electron chi connectivity index (χ2n) is 4.95. The van der Waals surface area contributed by atoms with Gasteiger partial charge in [0.05, 0.1) is 14.2 Å². The summed E-state index contributed by atoms with van der Waals surface area (Å²) < 4.78 is 9.85. The second-order valence-corrected chi connectivity index (χ2v) is 4.95. The molecule has 2 aromatic carbocycles. The molecule has 0 spiro atoms. The molecule has 0 aliphatic rings. The Morgan fingerprint density at radius 1 is 0.926 bits per heavy atom. The highest BCUT2D eigenvalue weighted by Gasteiger charge is 2.10. The van der Waals surface area contributed by atoms with Crippen LogP contribution < -0.4 is 9.47 Å². The van der Waals surface area contributed by atoms with Gasteiger partial charge < -0.3 is 35.0 Å². The van der Waals surface area contributed by atoms with Crippen LogP contribution in [0.1, 0.15) is 15.9 Å². The highest BCUT2D eigenvalue weighted by Crippen LogP contribution is 2.37. The topological polar surface area (TPSA) is 154 Å². The smallest absolute Gasteiger partial charge is 0.339 e. The number of phenols is 3. The van der Waals surface area contributed by atoms with Gasteiger partial charge in [0.1, 0.15) is 17.1 Å². The molecule has 2 aromatic rings. The molecule has 0 saturated heterocycles. The molecular formula is C18H18O9. The highest BCUT2D eigenvalue weighted by atomic mass is 16.5. The largest absolute Gasteiger partial charge is 0.508 e. The van der Waals surface area contributed by atoms with Crippen LogP contribution >= 0.6 is 0 Å². The van der Waals surface area contributed by atoms with Crippen LogP contribution in [0.3, 0.4) is 0 Å². The van der Waals surface area contributed by atoms with Crippen molar-refractivity contribution in [3.05, 3.63) is 47.5 Å². The van der Waals surface area contributed by atoms with Crippen LogP contribution in [-0.4, -0.2) is 51.7 Å². The SMILES string of the molecule is COc1cc(C=CC(=O)O)cc(OC)c1O.O=C(O)c1cc(O)ccc1O. The van der Waals surface area contributed by atoms with E-state index in [0.29, 0.717) is 5.56 Å². The maximum atomic E-state index is 10.3. The van der Waals surface area contributed by atoms with Crippen LogP contribution in [0.15, 0.2) is 36.4 Å². The Balaban J connectivity index is 0.000000289. The molecule has 5 N–H and O–H groups in total. The lowest BCUT2D eigenvalue weighted by molar-refractivity contribution is -0.131. The third-order valence-electron chi connectivity index (χ3n) is 3.13. The Hall–Kier alpha value is -3.88. The van der Waals surface area contributed by atoms with Gasteiger partial charge in [-0.25, -0.2) is 9.59 Å². The minimum Gasteiger partial charge on any atom is -0.508 e. The first-order valence-electron chi connectivity index (χ1n) is 7.30. The van der Waals surface area contributed by atoms with Crippen molar-refractivity contribution in [1.29, 1.82) is 0 Å². The second kappa shape index (κ2) is 9.56. The number of methoxy groups -OCH3 is 2. The van der Waals surface area contributed by atoms with Gasteiger partial charge in [-0.05, 0) is 42.0 Å². The maximum absolute atomic E-state index is 10.3. The summed E-state index contributed by atoms with van der Waals surface area (Å²) in [5.41, 5.74) is 0.263. The summed E-state index contributed by atoms with van der Waals surface area (Å²) in [5, 5.41) is 44.2. The molecule has 0 bridgehead atoms. The fourth-order valence-electron chi connectivity index (χ4n) is 1.87. The van der Waals surface area contributed by atoms with Gasteiger partial charge in [-0.15, -0.1) is 0 Å². The van der Waals surface area contributed by atoms with Gasteiger partial charge in [0.25, 0.3) is 0 Å². The minimum atomic E-state index is -1.27. The summed E-state index contributed by atoms with van der Waals surface area (Å²) in [5.74, 6) is -2.51. The zero-order valence-electron chi connectivity index (χ0n) is 14.4. The number of benzene rings is 2. The lowest BCUT2D eigenvalue weighted by atomic mass is 10.1. The van der Waals surface area contributed by atoms with Crippen molar-refractivity contribution in [1.82, 2.24) is 0 Å². The van der Waals surface area contributed by atoms with Gasteiger partial charge >= 0.3 is 11.9 Å². The Morgan fingerprint density at radius 2 is 1.48 bits per heavy atom. The molecule has 0 aromatic heterocycles. The van der Waals surface area contributed by atoms with E-state index in [1.807, 2.05) is 0 Å². The minimum absolute atomic E-state index is 0.113.